The van der Waals surface area contributed by atoms with Crippen LogP contribution < -0.4 is 15.0 Å². The van der Waals surface area contributed by atoms with Gasteiger partial charge in [0.1, 0.15) is 5.75 Å². The predicted octanol–water partition coefficient (Wildman–Crippen LogP) is 8.19. The van der Waals surface area contributed by atoms with Crippen LogP contribution in [0.1, 0.15) is 67.4 Å². The Balaban J connectivity index is 1.22. The van der Waals surface area contributed by atoms with Gasteiger partial charge in [0.25, 0.3) is 6.17 Å². The van der Waals surface area contributed by atoms with Gasteiger partial charge in [0, 0.05) is 18.0 Å². The van der Waals surface area contributed by atoms with Crippen LogP contribution in [0.4, 0.5) is 29.3 Å². The molecule has 3 aromatic carbocycles. The minimum Gasteiger partial charge on any atom is -0.406 e. The van der Waals surface area contributed by atoms with Gasteiger partial charge in [-0.05, 0) is 66.3 Å². The molecule has 0 aliphatic carbocycles. The summed E-state index contributed by atoms with van der Waals surface area (Å²) in [6.07, 6.45) is -2.98. The Bertz CT molecular complexity index is 1690. The molecule has 3 aromatic rings. The number of aliphatic imine (C=N–C) groups is 2. The minimum absolute atomic E-state index is 0.0226. The van der Waals surface area contributed by atoms with Crippen LogP contribution in [0.15, 0.2) is 81.8 Å². The predicted molar refractivity (Wildman–Crippen MR) is 172 cm³/mol. The fraction of sp³-hybridized carbons (Fsp3) is 0.333. The van der Waals surface area contributed by atoms with Crippen molar-refractivity contribution in [1.29, 1.82) is 0 Å². The number of ether oxygens (including phenoxy) is 1. The Hall–Kier alpha value is -4.52. The number of carbonyl (C=O) groups is 2. The molecule has 46 heavy (non-hydrogen) atoms. The number of amides is 3. The molecule has 0 aromatic heterocycles. The topological polar surface area (TPSA) is 98.7 Å². The SMILES string of the molecule is CCC(CNC(=O)N=C1SCC(=O)N1c1cccc(C)c1C(C)C)c1ccc(C2N=C[N+](c3ccc(OC(F)(F)F)cc3)=N2)cc1. The number of hydrogen-bond donors (Lipinski definition) is 1. The van der Waals surface area contributed by atoms with Gasteiger partial charge in [-0.2, -0.15) is 4.99 Å². The average molecular weight is 652 g/mol. The lowest BCUT2D eigenvalue weighted by Crippen LogP contribution is -2.33. The lowest BCUT2D eigenvalue weighted by atomic mass is 9.95. The number of aryl methyl sites for hydroxylation is 1. The maximum Gasteiger partial charge on any atom is 0.573 e. The summed E-state index contributed by atoms with van der Waals surface area (Å²) in [7, 11) is 0. The van der Waals surface area contributed by atoms with Gasteiger partial charge in [-0.15, -0.1) is 17.9 Å². The molecule has 1 fully saturated rings. The molecule has 9 nitrogen and oxygen atoms in total. The van der Waals surface area contributed by atoms with Crippen molar-refractivity contribution >= 4 is 46.6 Å². The number of thioether (sulfide) groups is 1. The summed E-state index contributed by atoms with van der Waals surface area (Å²) >= 11 is 1.25. The van der Waals surface area contributed by atoms with Gasteiger partial charge in [0.05, 0.1) is 11.4 Å². The highest BCUT2D eigenvalue weighted by Gasteiger charge is 2.33. The first kappa shape index (κ1) is 32.9. The highest BCUT2D eigenvalue weighted by Crippen LogP contribution is 2.35. The van der Waals surface area contributed by atoms with Gasteiger partial charge in [-0.1, -0.05) is 79.0 Å². The van der Waals surface area contributed by atoms with Crippen LogP contribution in [-0.4, -0.2) is 46.8 Å². The Morgan fingerprint density at radius 2 is 1.85 bits per heavy atom. The van der Waals surface area contributed by atoms with E-state index >= 15 is 0 Å². The second-order valence-electron chi connectivity index (χ2n) is 11.2. The number of rotatable bonds is 9. The van der Waals surface area contributed by atoms with E-state index in [2.05, 4.69) is 39.0 Å². The molecule has 0 spiro atoms. The number of nitrogens with one attached hydrogen (secondary N) is 1. The highest BCUT2D eigenvalue weighted by atomic mass is 32.2. The molecule has 240 valence electrons. The highest BCUT2D eigenvalue weighted by molar-refractivity contribution is 8.15. The molecule has 5 rings (SSSR count). The first-order valence-electron chi connectivity index (χ1n) is 14.8. The molecule has 0 saturated carbocycles. The summed E-state index contributed by atoms with van der Waals surface area (Å²) in [5, 5.41) is 7.81. The summed E-state index contributed by atoms with van der Waals surface area (Å²) in [5.74, 6) is 0.0160. The lowest BCUT2D eigenvalue weighted by Gasteiger charge is -2.23. The number of carbonyl (C=O) groups excluding carboxylic acids is 2. The van der Waals surface area contributed by atoms with E-state index in [-0.39, 0.29) is 29.2 Å². The molecule has 1 saturated heterocycles. The van der Waals surface area contributed by atoms with Gasteiger partial charge in [-0.25, -0.2) is 4.79 Å². The van der Waals surface area contributed by atoms with Gasteiger partial charge >= 0.3 is 18.7 Å². The normalized spacial score (nSPS) is 18.0. The number of hydrogen-bond acceptors (Lipinski definition) is 6. The molecule has 0 bridgehead atoms. The third-order valence-corrected chi connectivity index (χ3v) is 8.59. The first-order valence-corrected chi connectivity index (χ1v) is 15.8. The van der Waals surface area contributed by atoms with Crippen molar-refractivity contribution in [3.05, 3.63) is 89.0 Å². The second kappa shape index (κ2) is 13.9. The molecule has 13 heteroatoms. The largest absolute Gasteiger partial charge is 0.573 e. The smallest absolute Gasteiger partial charge is 0.406 e. The molecule has 2 heterocycles. The zero-order chi connectivity index (χ0) is 33.0. The van der Waals surface area contributed by atoms with Crippen LogP contribution >= 0.6 is 11.8 Å². The minimum atomic E-state index is -4.76. The number of amidine groups is 1. The average Bonchev–Trinajstić information content (AvgIpc) is 3.64. The van der Waals surface area contributed by atoms with Gasteiger partial charge in [-0.3, -0.25) is 9.69 Å². The van der Waals surface area contributed by atoms with Crippen LogP contribution in [-0.2, 0) is 4.79 Å². The summed E-state index contributed by atoms with van der Waals surface area (Å²) < 4.78 is 42.8. The molecule has 2 unspecified atom stereocenters. The third kappa shape index (κ3) is 7.64. The van der Waals surface area contributed by atoms with Crippen LogP contribution in [0.25, 0.3) is 0 Å². The van der Waals surface area contributed by atoms with Gasteiger partial charge < -0.3 is 10.1 Å². The van der Waals surface area contributed by atoms with E-state index in [0.29, 0.717) is 17.4 Å². The van der Waals surface area contributed by atoms with E-state index in [1.165, 1.54) is 47.1 Å². The second-order valence-corrected chi connectivity index (χ2v) is 12.1. The molecule has 1 N–H and O–H groups in total. The summed E-state index contributed by atoms with van der Waals surface area (Å²) in [4.78, 5) is 36.0. The van der Waals surface area contributed by atoms with Crippen molar-refractivity contribution < 1.29 is 32.2 Å². The summed E-state index contributed by atoms with van der Waals surface area (Å²) in [5.41, 5.74) is 5.30. The van der Waals surface area contributed by atoms with E-state index < -0.39 is 18.6 Å². The molecule has 2 aliphatic heterocycles. The molecule has 2 aliphatic rings. The Morgan fingerprint density at radius 3 is 2.50 bits per heavy atom. The van der Waals surface area contributed by atoms with E-state index in [1.54, 1.807) is 4.90 Å². The van der Waals surface area contributed by atoms with Crippen molar-refractivity contribution in [2.24, 2.45) is 15.1 Å². The van der Waals surface area contributed by atoms with Crippen molar-refractivity contribution in [2.45, 2.75) is 58.5 Å². The monoisotopic (exact) mass is 651 g/mol. The summed E-state index contributed by atoms with van der Waals surface area (Å²) in [6, 6.07) is 18.5. The lowest BCUT2D eigenvalue weighted by molar-refractivity contribution is -0.377. The molecular formula is C33H34F3N6O3S+. The molecule has 3 amide bonds. The van der Waals surface area contributed by atoms with E-state index in [9.17, 15) is 22.8 Å². The number of alkyl halides is 3. The summed E-state index contributed by atoms with van der Waals surface area (Å²) in [6.45, 7) is 8.57. The van der Waals surface area contributed by atoms with Crippen molar-refractivity contribution in [3.63, 3.8) is 0 Å². The number of halogens is 3. The Morgan fingerprint density at radius 1 is 1.13 bits per heavy atom. The maximum atomic E-state index is 12.9. The fourth-order valence-corrected chi connectivity index (χ4v) is 6.32. The fourth-order valence-electron chi connectivity index (χ4n) is 5.46. The van der Waals surface area contributed by atoms with E-state index in [1.807, 2.05) is 56.3 Å². The van der Waals surface area contributed by atoms with Crippen molar-refractivity contribution in [1.82, 2.24) is 5.32 Å². The zero-order valence-corrected chi connectivity index (χ0v) is 26.6. The number of nitrogens with zero attached hydrogens (tertiary/aromatic N) is 5. The van der Waals surface area contributed by atoms with Crippen LogP contribution in [0.2, 0.25) is 0 Å². The number of benzene rings is 3. The number of urea groups is 1. The Labute approximate surface area is 269 Å². The molecule has 0 radical (unpaired) electrons. The number of anilines is 1. The van der Waals surface area contributed by atoms with Gasteiger partial charge in [0.2, 0.25) is 5.91 Å². The van der Waals surface area contributed by atoms with E-state index in [4.69, 9.17) is 0 Å². The van der Waals surface area contributed by atoms with Crippen LogP contribution in [0, 0.1) is 6.92 Å². The number of azo groups is 2. The van der Waals surface area contributed by atoms with Crippen LogP contribution in [0.3, 0.4) is 0 Å². The van der Waals surface area contributed by atoms with E-state index in [0.717, 1.165) is 34.4 Å². The first-order chi connectivity index (χ1) is 21.9. The Kier molecular flexibility index (Phi) is 9.90. The van der Waals surface area contributed by atoms with Crippen LogP contribution in [0.5, 0.6) is 5.75 Å². The molecule has 2 atom stereocenters. The zero-order valence-electron chi connectivity index (χ0n) is 25.8. The third-order valence-electron chi connectivity index (χ3n) is 7.67. The van der Waals surface area contributed by atoms with Gasteiger partial charge in [0.15, 0.2) is 10.9 Å². The van der Waals surface area contributed by atoms with Crippen molar-refractivity contribution in [2.75, 3.05) is 17.2 Å². The maximum absolute atomic E-state index is 12.9. The standard InChI is InChI=1S/C33H33F3N6O3S/c1-5-22(17-37-31(44)39-32-42(28(43)18-46-32)27-8-6-7-21(4)29(27)20(2)3)23-9-11-24(12-10-23)30-38-19-41(40-30)25-13-15-26(16-14-25)45-33(34,35)36/h6-16,19-20,22,30H,5,17-18H2,1-4H3/p+1. The van der Waals surface area contributed by atoms with Crippen molar-refractivity contribution in [3.8, 4) is 5.75 Å². The quantitative estimate of drug-likeness (QED) is 0.236. The molecular weight excluding hydrogens is 617 g/mol.